The van der Waals surface area contributed by atoms with Gasteiger partial charge in [0.1, 0.15) is 5.82 Å². The molecule has 0 aliphatic rings. The lowest BCUT2D eigenvalue weighted by molar-refractivity contribution is -0.117. The van der Waals surface area contributed by atoms with Crippen molar-refractivity contribution in [2.24, 2.45) is 5.73 Å². The van der Waals surface area contributed by atoms with Crippen molar-refractivity contribution in [1.29, 1.82) is 0 Å². The van der Waals surface area contributed by atoms with Crippen molar-refractivity contribution in [2.75, 3.05) is 26.1 Å². The third-order valence-electron chi connectivity index (χ3n) is 2.61. The van der Waals surface area contributed by atoms with Gasteiger partial charge in [-0.15, -0.1) is 0 Å². The first kappa shape index (κ1) is 16.1. The van der Waals surface area contributed by atoms with E-state index in [1.54, 1.807) is 0 Å². The number of halogens is 1. The van der Waals surface area contributed by atoms with Crippen molar-refractivity contribution >= 4 is 17.6 Å². The summed E-state index contributed by atoms with van der Waals surface area (Å²) in [5.74, 6) is -1.98. The van der Waals surface area contributed by atoms with Crippen LogP contribution in [-0.4, -0.2) is 38.7 Å². The predicted octanol–water partition coefficient (Wildman–Crippen LogP) is 0.915. The number of nitrogens with one attached hydrogen (secondary N) is 1. The van der Waals surface area contributed by atoms with E-state index in [1.807, 2.05) is 0 Å². The molecule has 0 aliphatic carbocycles. The van der Waals surface area contributed by atoms with Crippen molar-refractivity contribution in [2.45, 2.75) is 12.5 Å². The van der Waals surface area contributed by atoms with Crippen molar-refractivity contribution in [1.82, 2.24) is 0 Å². The second-order valence-electron chi connectivity index (χ2n) is 4.06. The normalized spacial score (nSPS) is 11.8. The van der Waals surface area contributed by atoms with Crippen molar-refractivity contribution in [3.63, 3.8) is 0 Å². The molecule has 1 amide bonds. The molecule has 1 unspecified atom stereocenters. The van der Waals surface area contributed by atoms with Crippen LogP contribution < -0.4 is 11.1 Å². The molecule has 1 atom stereocenters. The van der Waals surface area contributed by atoms with Crippen LogP contribution in [0.2, 0.25) is 0 Å². The van der Waals surface area contributed by atoms with Crippen molar-refractivity contribution in [3.8, 4) is 0 Å². The number of hydrogen-bond acceptors (Lipinski definition) is 5. The zero-order valence-corrected chi connectivity index (χ0v) is 11.3. The summed E-state index contributed by atoms with van der Waals surface area (Å²) in [6.45, 7) is 0.353. The second-order valence-corrected chi connectivity index (χ2v) is 4.06. The lowest BCUT2D eigenvalue weighted by atomic mass is 10.1. The number of amides is 1. The molecule has 3 N–H and O–H groups in total. The molecular formula is C13H17FN2O4. The highest BCUT2D eigenvalue weighted by molar-refractivity contribution is 5.96. The quantitative estimate of drug-likeness (QED) is 0.758. The summed E-state index contributed by atoms with van der Waals surface area (Å²) in [6.07, 6.45) is 0.355. The van der Waals surface area contributed by atoms with E-state index in [0.29, 0.717) is 13.0 Å². The average molecular weight is 284 g/mol. The maximum Gasteiger partial charge on any atom is 0.340 e. The number of carbonyl (C=O) groups excluding carboxylic acids is 2. The van der Waals surface area contributed by atoms with E-state index < -0.39 is 23.7 Å². The largest absolute Gasteiger partial charge is 0.465 e. The monoisotopic (exact) mass is 284 g/mol. The van der Waals surface area contributed by atoms with Gasteiger partial charge in [-0.05, 0) is 24.6 Å². The maximum atomic E-state index is 13.4. The number of benzene rings is 1. The molecule has 0 heterocycles. The van der Waals surface area contributed by atoms with Crippen molar-refractivity contribution < 1.29 is 23.5 Å². The Hall–Kier alpha value is -1.99. The molecule has 1 aromatic rings. The van der Waals surface area contributed by atoms with Gasteiger partial charge >= 0.3 is 5.97 Å². The average Bonchev–Trinajstić information content (AvgIpc) is 2.45. The van der Waals surface area contributed by atoms with Gasteiger partial charge in [0, 0.05) is 19.4 Å². The zero-order valence-electron chi connectivity index (χ0n) is 11.3. The lowest BCUT2D eigenvalue weighted by Gasteiger charge is -2.12. The van der Waals surface area contributed by atoms with E-state index >= 15 is 0 Å². The molecular weight excluding hydrogens is 267 g/mol. The molecule has 0 radical (unpaired) electrons. The smallest absolute Gasteiger partial charge is 0.340 e. The van der Waals surface area contributed by atoms with Gasteiger partial charge in [0.2, 0.25) is 5.91 Å². The van der Waals surface area contributed by atoms with Crippen LogP contribution in [0, 0.1) is 5.82 Å². The molecule has 1 aromatic carbocycles. The molecule has 6 nitrogen and oxygen atoms in total. The van der Waals surface area contributed by atoms with Crippen LogP contribution in [0.5, 0.6) is 0 Å². The number of ether oxygens (including phenoxy) is 2. The second kappa shape index (κ2) is 7.56. The standard InChI is InChI=1S/C13H17FN2O4/c1-19-6-5-11(15)12(17)16-8-3-4-10(14)9(7-8)13(18)20-2/h3-4,7,11H,5-6,15H2,1-2H3,(H,16,17). The number of rotatable bonds is 6. The van der Waals surface area contributed by atoms with Crippen LogP contribution in [-0.2, 0) is 14.3 Å². The van der Waals surface area contributed by atoms with Gasteiger partial charge in [-0.25, -0.2) is 9.18 Å². The fourth-order valence-electron chi connectivity index (χ4n) is 1.48. The molecule has 0 spiro atoms. The van der Waals surface area contributed by atoms with Gasteiger partial charge in [0.25, 0.3) is 0 Å². The molecule has 0 saturated carbocycles. The predicted molar refractivity (Wildman–Crippen MR) is 70.8 cm³/mol. The minimum atomic E-state index is -0.817. The zero-order chi connectivity index (χ0) is 15.1. The Morgan fingerprint density at radius 2 is 2.10 bits per heavy atom. The van der Waals surface area contributed by atoms with Crippen LogP contribution in [0.15, 0.2) is 18.2 Å². The number of esters is 1. The van der Waals surface area contributed by atoms with Crippen LogP contribution in [0.1, 0.15) is 16.8 Å². The number of nitrogens with two attached hydrogens (primary N) is 1. The Bertz CT molecular complexity index is 493. The molecule has 0 aliphatic heterocycles. The number of carbonyl (C=O) groups is 2. The van der Waals surface area contributed by atoms with Gasteiger partial charge in [0.05, 0.1) is 18.7 Å². The Kier molecular flexibility index (Phi) is 6.08. The molecule has 20 heavy (non-hydrogen) atoms. The summed E-state index contributed by atoms with van der Waals surface area (Å²) in [5.41, 5.74) is 5.66. The highest BCUT2D eigenvalue weighted by atomic mass is 19.1. The molecule has 0 bridgehead atoms. The number of hydrogen-bond donors (Lipinski definition) is 2. The highest BCUT2D eigenvalue weighted by Gasteiger charge is 2.16. The van der Waals surface area contributed by atoms with Crippen LogP contribution in [0.25, 0.3) is 0 Å². The Morgan fingerprint density at radius 1 is 1.40 bits per heavy atom. The Balaban J connectivity index is 2.78. The molecule has 0 aromatic heterocycles. The van der Waals surface area contributed by atoms with Gasteiger partial charge in [-0.2, -0.15) is 0 Å². The Labute approximate surface area is 116 Å². The third-order valence-corrected chi connectivity index (χ3v) is 2.61. The van der Waals surface area contributed by atoms with E-state index in [2.05, 4.69) is 10.1 Å². The summed E-state index contributed by atoms with van der Waals surface area (Å²) >= 11 is 0. The molecule has 1 rings (SSSR count). The van der Waals surface area contributed by atoms with Crippen LogP contribution >= 0.6 is 0 Å². The Morgan fingerprint density at radius 3 is 2.70 bits per heavy atom. The summed E-state index contributed by atoms with van der Waals surface area (Å²) in [4.78, 5) is 23.1. The topological polar surface area (TPSA) is 90.6 Å². The summed E-state index contributed by atoms with van der Waals surface area (Å²) in [6, 6.07) is 2.86. The summed E-state index contributed by atoms with van der Waals surface area (Å²) in [5, 5.41) is 2.50. The van der Waals surface area contributed by atoms with Crippen molar-refractivity contribution in [3.05, 3.63) is 29.6 Å². The van der Waals surface area contributed by atoms with Gasteiger partial charge in [0.15, 0.2) is 0 Å². The third kappa shape index (κ3) is 4.29. The lowest BCUT2D eigenvalue weighted by Crippen LogP contribution is -2.36. The minimum absolute atomic E-state index is 0.254. The maximum absolute atomic E-state index is 13.4. The van der Waals surface area contributed by atoms with Gasteiger partial charge < -0.3 is 20.5 Å². The van der Waals surface area contributed by atoms with E-state index in [0.717, 1.165) is 13.2 Å². The van der Waals surface area contributed by atoms with Crippen LogP contribution in [0.3, 0.4) is 0 Å². The fourth-order valence-corrected chi connectivity index (χ4v) is 1.48. The van der Waals surface area contributed by atoms with E-state index in [1.165, 1.54) is 19.2 Å². The molecule has 0 saturated heterocycles. The van der Waals surface area contributed by atoms with Gasteiger partial charge in [-0.1, -0.05) is 0 Å². The molecule has 0 fully saturated rings. The first-order valence-corrected chi connectivity index (χ1v) is 5.92. The molecule has 7 heteroatoms. The van der Waals surface area contributed by atoms with E-state index in [-0.39, 0.29) is 11.3 Å². The molecule has 110 valence electrons. The summed E-state index contributed by atoms with van der Waals surface area (Å²) in [7, 11) is 2.65. The van der Waals surface area contributed by atoms with E-state index in [9.17, 15) is 14.0 Å². The number of methoxy groups -OCH3 is 2. The number of anilines is 1. The first-order valence-electron chi connectivity index (χ1n) is 5.92. The fraction of sp³-hybridized carbons (Fsp3) is 0.385. The van der Waals surface area contributed by atoms with E-state index in [4.69, 9.17) is 10.5 Å². The summed E-state index contributed by atoms with van der Waals surface area (Å²) < 4.78 is 22.7. The van der Waals surface area contributed by atoms with Crippen LogP contribution in [0.4, 0.5) is 10.1 Å². The first-order chi connectivity index (χ1) is 9.49. The van der Waals surface area contributed by atoms with Gasteiger partial charge in [-0.3, -0.25) is 4.79 Å². The highest BCUT2D eigenvalue weighted by Crippen LogP contribution is 2.16. The SMILES string of the molecule is COCCC(N)C(=O)Nc1ccc(F)c(C(=O)OC)c1. The minimum Gasteiger partial charge on any atom is -0.465 e.